The van der Waals surface area contributed by atoms with Crippen molar-refractivity contribution in [1.29, 1.82) is 0 Å². The van der Waals surface area contributed by atoms with Gasteiger partial charge in [0, 0.05) is 0 Å². The second-order valence-corrected chi connectivity index (χ2v) is 4.62. The molecular weight excluding hydrogens is 557 g/mol. The Bertz CT molecular complexity index is 249. The Morgan fingerprint density at radius 1 is 0.391 bits per heavy atom. The first-order valence-corrected chi connectivity index (χ1v) is 7.04. The molecule has 0 aliphatic carbocycles. The monoisotopic (exact) mass is 582 g/mol. The molecule has 0 aromatic carbocycles. The van der Waals surface area contributed by atoms with Crippen LogP contribution in [0.4, 0.5) is 0 Å². The van der Waals surface area contributed by atoms with Gasteiger partial charge in [0.2, 0.25) is 0 Å². The van der Waals surface area contributed by atoms with Crippen LogP contribution in [0.5, 0.6) is 0 Å². The van der Waals surface area contributed by atoms with E-state index in [2.05, 4.69) is 0 Å². The van der Waals surface area contributed by atoms with Gasteiger partial charge in [-0.3, -0.25) is 0 Å². The molecule has 0 bridgehead atoms. The fourth-order valence-electron chi connectivity index (χ4n) is 0. The maximum Gasteiger partial charge on any atom is 2.00 e. The first-order chi connectivity index (χ1) is 6.00. The van der Waals surface area contributed by atoms with Crippen molar-refractivity contribution in [3.05, 3.63) is 0 Å². The van der Waals surface area contributed by atoms with Gasteiger partial charge in [-0.2, -0.15) is 0 Å². The maximum atomic E-state index is 8.88. The first kappa shape index (κ1) is 69.8. The summed E-state index contributed by atoms with van der Waals surface area (Å²) in [4.78, 5) is 64.7. The van der Waals surface area contributed by atoms with Crippen LogP contribution in [0.1, 0.15) is 17.1 Å². The van der Waals surface area contributed by atoms with Gasteiger partial charge in [-0.1, -0.05) is 0 Å². The molecule has 0 aliphatic rings. The molecule has 0 aliphatic heterocycles. The minimum absolute atomic E-state index is 0. The Morgan fingerprint density at radius 2 is 0.391 bits per heavy atom. The van der Waals surface area contributed by atoms with Gasteiger partial charge in [0.1, 0.15) is 0 Å². The summed E-state index contributed by atoms with van der Waals surface area (Å²) >= 11 is 0. The Kier molecular flexibility index (Phi) is 113. The molecule has 0 aromatic rings. The molecule has 0 saturated heterocycles. The molecule has 0 heterocycles. The van der Waals surface area contributed by atoms with Gasteiger partial charge in [0.15, 0.2) is 0 Å². The van der Waals surface area contributed by atoms with E-state index in [4.69, 9.17) is 57.7 Å². The van der Waals surface area contributed by atoms with Crippen molar-refractivity contribution in [2.75, 3.05) is 0 Å². The molecule has 0 saturated carbocycles. The molecule has 0 aromatic heterocycles. The summed E-state index contributed by atoms with van der Waals surface area (Å²) in [7, 11) is -13.9. The molecule has 0 radical (unpaired) electrons. The van der Waals surface area contributed by atoms with Crippen LogP contribution < -0.4 is 0 Å². The molecule has 0 spiro atoms. The topological polar surface area (TPSA) is 296 Å². The molecule has 0 atom stereocenters. The van der Waals surface area contributed by atoms with Crippen LogP contribution in [0.15, 0.2) is 0 Å². The average Bonchev–Trinajstić information content (AvgIpc) is 1.41. The summed E-state index contributed by atoms with van der Waals surface area (Å²) in [5, 5.41) is 0. The van der Waals surface area contributed by atoms with E-state index in [1.54, 1.807) is 0 Å². The van der Waals surface area contributed by atoms with Crippen LogP contribution in [0.3, 0.4) is 0 Å². The van der Waals surface area contributed by atoms with Gasteiger partial charge >= 0.3 is 250 Å². The van der Waals surface area contributed by atoms with Crippen molar-refractivity contribution >= 4 is 250 Å². The van der Waals surface area contributed by atoms with E-state index >= 15 is 0 Å². The summed E-state index contributed by atoms with van der Waals surface area (Å²) in [5.41, 5.74) is 0. The van der Waals surface area contributed by atoms with Crippen LogP contribution in [0.2, 0.25) is 0 Å². The molecular formula is H25Ca6O14P3. The number of hydrogen-bond donors (Lipinski definition) is 9. The van der Waals surface area contributed by atoms with Gasteiger partial charge in [-0.15, -0.1) is 0 Å². The fourth-order valence-corrected chi connectivity index (χ4v) is 0. The van der Waals surface area contributed by atoms with Crippen molar-refractivity contribution < 1.29 is 85.8 Å². The first-order valence-electron chi connectivity index (χ1n) is 2.35. The summed E-state index contributed by atoms with van der Waals surface area (Å²) in [6.45, 7) is 0. The van der Waals surface area contributed by atoms with E-state index in [1.807, 2.05) is 0 Å². The molecule has 136 valence electrons. The average molecular weight is 583 g/mol. The van der Waals surface area contributed by atoms with Crippen molar-refractivity contribution in [2.45, 2.75) is 0 Å². The largest absolute Gasteiger partial charge is 2.00 e. The summed E-state index contributed by atoms with van der Waals surface area (Å²) in [6, 6.07) is 0. The van der Waals surface area contributed by atoms with E-state index < -0.39 is 23.5 Å². The SMILES string of the molecule is O.O.O=P(O)(O)O.O=P(O)(O)O.O=P(O)(O)O.[Ca+2].[Ca+2].[Ca+2].[Ca+2].[Ca+2].[Ca+2].[H-].[H-].[H-].[H-].[H-].[H-].[H-].[H-].[H-].[H-].[H-].[H-]. The van der Waals surface area contributed by atoms with Crippen LogP contribution in [0.25, 0.3) is 0 Å². The zero-order chi connectivity index (χ0) is 13.5. The Labute approximate surface area is 328 Å². The number of hydrogen-bond acceptors (Lipinski definition) is 3. The van der Waals surface area contributed by atoms with Crippen LogP contribution in [0, 0.1) is 0 Å². The third-order valence-corrected chi connectivity index (χ3v) is 0. The van der Waals surface area contributed by atoms with Crippen molar-refractivity contribution in [1.82, 2.24) is 0 Å². The second-order valence-electron chi connectivity index (χ2n) is 1.54. The number of phosphoric acid groups is 3. The van der Waals surface area contributed by atoms with E-state index in [-0.39, 0.29) is 255 Å². The zero-order valence-corrected chi connectivity index (χ0v) is 27.8. The van der Waals surface area contributed by atoms with E-state index in [0.717, 1.165) is 0 Å². The minimum atomic E-state index is -4.64. The molecule has 0 rings (SSSR count). The van der Waals surface area contributed by atoms with Crippen molar-refractivity contribution in [3.63, 3.8) is 0 Å². The summed E-state index contributed by atoms with van der Waals surface area (Å²) in [6.07, 6.45) is 0. The molecule has 14 nitrogen and oxygen atoms in total. The third kappa shape index (κ3) is 378. The predicted octanol–water partition coefficient (Wildman–Crippen LogP) is -5.37. The molecule has 23 heavy (non-hydrogen) atoms. The molecule has 0 amide bonds. The second kappa shape index (κ2) is 37.1. The Balaban J connectivity index is -0.00000000229. The smallest absolute Gasteiger partial charge is 1.00 e. The molecule has 23 heteroatoms. The maximum absolute atomic E-state index is 8.88. The zero-order valence-electron chi connectivity index (χ0n) is 23.8. The van der Waals surface area contributed by atoms with Gasteiger partial charge in [-0.25, -0.2) is 13.7 Å². The van der Waals surface area contributed by atoms with Gasteiger partial charge in [0.05, 0.1) is 0 Å². The molecule has 0 fully saturated rings. The molecule has 0 unspecified atom stereocenters. The van der Waals surface area contributed by atoms with E-state index in [0.29, 0.717) is 0 Å². The van der Waals surface area contributed by atoms with E-state index in [1.165, 1.54) is 0 Å². The quantitative estimate of drug-likeness (QED) is 0.0955. The van der Waals surface area contributed by atoms with Crippen LogP contribution in [-0.4, -0.2) is 281 Å². The van der Waals surface area contributed by atoms with Crippen molar-refractivity contribution in [3.8, 4) is 0 Å². The Hall–Kier alpha value is 7.81. The Morgan fingerprint density at radius 3 is 0.391 bits per heavy atom. The standard InChI is InChI=1S/6Ca.3H3O4P.2H2O.12H/c;;;;;;3*1-5(2,3)4;;;;;;;;;;;;;;/h;;;;;;3*(H3,1,2,3,4);2*1H2;;;;;;;;;;;;/q6*+2;;;;;;12*-1. The number of rotatable bonds is 0. The van der Waals surface area contributed by atoms with Gasteiger partial charge < -0.3 is 72.1 Å². The van der Waals surface area contributed by atoms with Crippen LogP contribution >= 0.6 is 23.5 Å². The predicted molar refractivity (Wildman–Crippen MR) is 97.9 cm³/mol. The summed E-state index contributed by atoms with van der Waals surface area (Å²) < 4.78 is 26.6. The minimum Gasteiger partial charge on any atom is -1.00 e. The molecule has 13 N–H and O–H groups in total. The van der Waals surface area contributed by atoms with Crippen molar-refractivity contribution in [2.24, 2.45) is 0 Å². The summed E-state index contributed by atoms with van der Waals surface area (Å²) in [5.74, 6) is 0. The van der Waals surface area contributed by atoms with Gasteiger partial charge in [-0.05, 0) is 0 Å². The van der Waals surface area contributed by atoms with E-state index in [9.17, 15) is 0 Å². The normalized spacial score (nSPS) is 7.70. The van der Waals surface area contributed by atoms with Crippen LogP contribution in [-0.2, 0) is 13.7 Å². The van der Waals surface area contributed by atoms with Gasteiger partial charge in [0.25, 0.3) is 0 Å². The third-order valence-electron chi connectivity index (χ3n) is 0. The fraction of sp³-hybridized carbons (Fsp3) is 0.